The second-order valence-corrected chi connectivity index (χ2v) is 4.12. The van der Waals surface area contributed by atoms with Crippen LogP contribution in [0.5, 0.6) is 11.5 Å². The van der Waals surface area contributed by atoms with Gasteiger partial charge in [-0.25, -0.2) is 4.79 Å². The molecule has 0 amide bonds. The summed E-state index contributed by atoms with van der Waals surface area (Å²) in [5.41, 5.74) is 3.58. The monoisotopic (exact) mass is 286 g/mol. The normalized spacial score (nSPS) is 10.5. The Kier molecular flexibility index (Phi) is 4.40. The number of anilines is 1. The van der Waals surface area contributed by atoms with Crippen molar-refractivity contribution in [3.63, 3.8) is 0 Å². The summed E-state index contributed by atoms with van der Waals surface area (Å²) in [5.74, 6) is -0.737. The van der Waals surface area contributed by atoms with Crippen LogP contribution in [0.25, 0.3) is 0 Å². The lowest BCUT2D eigenvalue weighted by molar-refractivity contribution is 0.0698. The summed E-state index contributed by atoms with van der Waals surface area (Å²) >= 11 is 0. The molecule has 21 heavy (non-hydrogen) atoms. The molecule has 6 heteroatoms. The zero-order valence-corrected chi connectivity index (χ0v) is 11.3. The van der Waals surface area contributed by atoms with Gasteiger partial charge in [0.2, 0.25) is 0 Å². The van der Waals surface area contributed by atoms with E-state index in [0.29, 0.717) is 17.0 Å². The van der Waals surface area contributed by atoms with Crippen molar-refractivity contribution < 1.29 is 19.7 Å². The van der Waals surface area contributed by atoms with Gasteiger partial charge in [0, 0.05) is 5.56 Å². The van der Waals surface area contributed by atoms with Crippen molar-refractivity contribution in [1.82, 2.24) is 0 Å². The molecule has 2 aromatic rings. The molecule has 0 aromatic heterocycles. The molecule has 2 rings (SSSR count). The number of aromatic carboxylic acids is 1. The Hall–Kier alpha value is -3.02. The summed E-state index contributed by atoms with van der Waals surface area (Å²) in [6.45, 7) is 0. The average Bonchev–Trinajstić information content (AvgIpc) is 2.49. The third kappa shape index (κ3) is 3.30. The largest absolute Gasteiger partial charge is 0.504 e. The highest BCUT2D eigenvalue weighted by molar-refractivity contribution is 5.94. The maximum absolute atomic E-state index is 11.0. The summed E-state index contributed by atoms with van der Waals surface area (Å²) in [4.78, 5) is 11.0. The standard InChI is InChI=1S/C15H14N2O4/c1-21-13-8-4-5-10(14(13)18)9-16-17-12-7-3-2-6-11(12)15(19)20/h2-9,17-18H,1H3,(H,19,20)/b16-9-. The number of carbonyl (C=O) groups is 1. The number of carboxylic acid groups (broad SMARTS) is 1. The molecular formula is C15H14N2O4. The summed E-state index contributed by atoms with van der Waals surface area (Å²) in [5, 5.41) is 22.9. The summed E-state index contributed by atoms with van der Waals surface area (Å²) < 4.78 is 4.99. The Bertz CT molecular complexity index is 683. The highest BCUT2D eigenvalue weighted by Crippen LogP contribution is 2.28. The molecule has 0 aliphatic heterocycles. The second-order valence-electron chi connectivity index (χ2n) is 4.12. The van der Waals surface area contributed by atoms with Crippen molar-refractivity contribution in [3.05, 3.63) is 53.6 Å². The number of rotatable bonds is 5. The summed E-state index contributed by atoms with van der Waals surface area (Å²) in [6.07, 6.45) is 1.39. The van der Waals surface area contributed by atoms with Crippen molar-refractivity contribution in [1.29, 1.82) is 0 Å². The SMILES string of the molecule is COc1cccc(/C=N\Nc2ccccc2C(=O)O)c1O. The van der Waals surface area contributed by atoms with E-state index in [-0.39, 0.29) is 11.3 Å². The molecule has 0 saturated heterocycles. The zero-order valence-electron chi connectivity index (χ0n) is 11.3. The molecule has 6 nitrogen and oxygen atoms in total. The Morgan fingerprint density at radius 2 is 2.00 bits per heavy atom. The van der Waals surface area contributed by atoms with Gasteiger partial charge < -0.3 is 14.9 Å². The fourth-order valence-electron chi connectivity index (χ4n) is 1.75. The fraction of sp³-hybridized carbons (Fsp3) is 0.0667. The van der Waals surface area contributed by atoms with Gasteiger partial charge in [-0.05, 0) is 24.3 Å². The molecule has 0 heterocycles. The van der Waals surface area contributed by atoms with Gasteiger partial charge in [-0.2, -0.15) is 5.10 Å². The van der Waals surface area contributed by atoms with E-state index in [4.69, 9.17) is 9.84 Å². The van der Waals surface area contributed by atoms with Crippen LogP contribution in [0.2, 0.25) is 0 Å². The average molecular weight is 286 g/mol. The van der Waals surface area contributed by atoms with Crippen molar-refractivity contribution >= 4 is 17.9 Å². The molecule has 108 valence electrons. The lowest BCUT2D eigenvalue weighted by Crippen LogP contribution is -2.02. The van der Waals surface area contributed by atoms with Gasteiger partial charge in [0.25, 0.3) is 0 Å². The summed E-state index contributed by atoms with van der Waals surface area (Å²) in [7, 11) is 1.46. The van der Waals surface area contributed by atoms with E-state index >= 15 is 0 Å². The number of nitrogens with one attached hydrogen (secondary N) is 1. The molecule has 0 unspecified atom stereocenters. The Morgan fingerprint density at radius 3 is 2.71 bits per heavy atom. The smallest absolute Gasteiger partial charge is 0.337 e. The van der Waals surface area contributed by atoms with Gasteiger partial charge >= 0.3 is 5.97 Å². The van der Waals surface area contributed by atoms with Crippen LogP contribution < -0.4 is 10.2 Å². The van der Waals surface area contributed by atoms with Crippen LogP contribution in [-0.4, -0.2) is 29.5 Å². The highest BCUT2D eigenvalue weighted by atomic mass is 16.5. The second kappa shape index (κ2) is 6.42. The molecule has 3 N–H and O–H groups in total. The minimum absolute atomic E-state index is 0.0305. The number of phenols is 1. The number of para-hydroxylation sites is 2. The first-order chi connectivity index (χ1) is 10.1. The van der Waals surface area contributed by atoms with Crippen molar-refractivity contribution in [2.45, 2.75) is 0 Å². The number of hydrazone groups is 1. The third-order valence-electron chi connectivity index (χ3n) is 2.80. The van der Waals surface area contributed by atoms with Crippen LogP contribution in [-0.2, 0) is 0 Å². The zero-order chi connectivity index (χ0) is 15.2. The number of hydrogen-bond acceptors (Lipinski definition) is 5. The van der Waals surface area contributed by atoms with Gasteiger partial charge in [0.15, 0.2) is 11.5 Å². The van der Waals surface area contributed by atoms with Crippen LogP contribution in [0.3, 0.4) is 0 Å². The lowest BCUT2D eigenvalue weighted by Gasteiger charge is -2.06. The molecular weight excluding hydrogens is 272 g/mol. The van der Waals surface area contributed by atoms with E-state index in [2.05, 4.69) is 10.5 Å². The lowest BCUT2D eigenvalue weighted by atomic mass is 10.2. The molecule has 0 aliphatic carbocycles. The predicted molar refractivity (Wildman–Crippen MR) is 79.3 cm³/mol. The molecule has 0 radical (unpaired) electrons. The first kappa shape index (κ1) is 14.4. The van der Waals surface area contributed by atoms with Crippen molar-refractivity contribution in [3.8, 4) is 11.5 Å². The van der Waals surface area contributed by atoms with Gasteiger partial charge in [-0.3, -0.25) is 5.43 Å². The van der Waals surface area contributed by atoms with E-state index in [1.54, 1.807) is 36.4 Å². The van der Waals surface area contributed by atoms with Crippen LogP contribution >= 0.6 is 0 Å². The van der Waals surface area contributed by atoms with Crippen molar-refractivity contribution in [2.24, 2.45) is 5.10 Å². The highest BCUT2D eigenvalue weighted by Gasteiger charge is 2.08. The maximum Gasteiger partial charge on any atom is 0.337 e. The Morgan fingerprint density at radius 1 is 1.24 bits per heavy atom. The molecule has 0 spiro atoms. The van der Waals surface area contributed by atoms with E-state index in [9.17, 15) is 9.90 Å². The predicted octanol–water partition coefficient (Wildman–Crippen LogP) is 2.55. The van der Waals surface area contributed by atoms with E-state index in [1.165, 1.54) is 19.4 Å². The van der Waals surface area contributed by atoms with Gasteiger partial charge in [-0.1, -0.05) is 18.2 Å². The minimum Gasteiger partial charge on any atom is -0.504 e. The molecule has 0 atom stereocenters. The topological polar surface area (TPSA) is 91.2 Å². The van der Waals surface area contributed by atoms with Crippen molar-refractivity contribution in [2.75, 3.05) is 12.5 Å². The van der Waals surface area contributed by atoms with Gasteiger partial charge in [0.1, 0.15) is 0 Å². The number of benzene rings is 2. The number of aromatic hydroxyl groups is 1. The molecule has 0 fully saturated rings. The van der Waals surface area contributed by atoms with Crippen LogP contribution in [0.1, 0.15) is 15.9 Å². The molecule has 0 bridgehead atoms. The van der Waals surface area contributed by atoms with Crippen LogP contribution in [0.4, 0.5) is 5.69 Å². The first-order valence-corrected chi connectivity index (χ1v) is 6.11. The van der Waals surface area contributed by atoms with Crippen LogP contribution in [0, 0.1) is 0 Å². The third-order valence-corrected chi connectivity index (χ3v) is 2.80. The van der Waals surface area contributed by atoms with Gasteiger partial charge in [-0.15, -0.1) is 0 Å². The van der Waals surface area contributed by atoms with E-state index < -0.39 is 5.97 Å². The number of carboxylic acids is 1. The number of methoxy groups -OCH3 is 1. The number of phenolic OH excluding ortho intramolecular Hbond substituents is 1. The molecule has 2 aromatic carbocycles. The fourth-order valence-corrected chi connectivity index (χ4v) is 1.75. The maximum atomic E-state index is 11.0. The van der Waals surface area contributed by atoms with Gasteiger partial charge in [0.05, 0.1) is 24.6 Å². The Balaban J connectivity index is 2.19. The number of hydrogen-bond donors (Lipinski definition) is 3. The van der Waals surface area contributed by atoms with Crippen LogP contribution in [0.15, 0.2) is 47.6 Å². The Labute approximate surface area is 121 Å². The quantitative estimate of drug-likeness (QED) is 0.580. The minimum atomic E-state index is -1.04. The number of ether oxygens (including phenoxy) is 1. The van der Waals surface area contributed by atoms with E-state index in [1.807, 2.05) is 0 Å². The molecule has 0 aliphatic rings. The first-order valence-electron chi connectivity index (χ1n) is 6.11. The number of nitrogens with zero attached hydrogens (tertiary/aromatic N) is 1. The molecule has 0 saturated carbocycles. The summed E-state index contributed by atoms with van der Waals surface area (Å²) in [6, 6.07) is 11.4. The van der Waals surface area contributed by atoms with E-state index in [0.717, 1.165) is 0 Å².